The molecule has 4 rings (SSSR count). The molecule has 3 aromatic heterocycles. The van der Waals surface area contributed by atoms with Crippen LogP contribution in [0.1, 0.15) is 11.9 Å². The highest BCUT2D eigenvalue weighted by molar-refractivity contribution is 7.50. The van der Waals surface area contributed by atoms with Crippen molar-refractivity contribution in [1.29, 1.82) is 0 Å². The third-order valence-electron chi connectivity index (χ3n) is 4.63. The molecule has 0 amide bonds. The molecule has 0 radical (unpaired) electrons. The van der Waals surface area contributed by atoms with Gasteiger partial charge in [0.1, 0.15) is 18.3 Å². The van der Waals surface area contributed by atoms with Crippen LogP contribution in [0.4, 0.5) is 10.2 Å². The van der Waals surface area contributed by atoms with E-state index in [4.69, 9.17) is 15.0 Å². The zero-order valence-electron chi connectivity index (χ0n) is 15.8. The number of imidazole rings is 1. The summed E-state index contributed by atoms with van der Waals surface area (Å²) in [5, 5.41) is 23.0. The van der Waals surface area contributed by atoms with E-state index in [9.17, 15) is 24.1 Å². The summed E-state index contributed by atoms with van der Waals surface area (Å²) in [5.41, 5.74) is 6.18. The molecule has 13 nitrogen and oxygen atoms in total. The minimum atomic E-state index is -4.26. The second-order valence-corrected chi connectivity index (χ2v) is 8.34. The van der Waals surface area contributed by atoms with Gasteiger partial charge in [-0.25, -0.2) is 14.6 Å². The van der Waals surface area contributed by atoms with E-state index < -0.39 is 45.0 Å². The average Bonchev–Trinajstić information content (AvgIpc) is 3.27. The van der Waals surface area contributed by atoms with Crippen molar-refractivity contribution in [3.8, 4) is 0 Å². The molecule has 1 unspecified atom stereocenters. The number of nitrogens with two attached hydrogens (primary N) is 1. The lowest BCUT2D eigenvalue weighted by molar-refractivity contribution is -0.0488. The second kappa shape index (κ2) is 8.51. The van der Waals surface area contributed by atoms with E-state index in [1.54, 1.807) is 18.2 Å². The molecule has 6 N–H and O–H groups in total. The van der Waals surface area contributed by atoms with E-state index in [1.807, 2.05) is 0 Å². The first-order chi connectivity index (χ1) is 14.7. The van der Waals surface area contributed by atoms with Crippen LogP contribution < -0.4 is 10.8 Å². The Labute approximate surface area is 174 Å². The maximum atomic E-state index is 13.6. The lowest BCUT2D eigenvalue weighted by atomic mass is 10.1. The van der Waals surface area contributed by atoms with Gasteiger partial charge in [0.15, 0.2) is 23.2 Å². The van der Waals surface area contributed by atoms with Crippen LogP contribution in [0.15, 0.2) is 30.7 Å². The van der Waals surface area contributed by atoms with Gasteiger partial charge in [-0.2, -0.15) is 14.4 Å². The Balaban J connectivity index is 1.43. The topological polar surface area (TPSA) is 191 Å². The summed E-state index contributed by atoms with van der Waals surface area (Å²) >= 11 is 0. The zero-order chi connectivity index (χ0) is 22.2. The number of halogens is 1. The molecule has 166 valence electrons. The number of aliphatic hydroxyl groups is 2. The predicted octanol–water partition coefficient (Wildman–Crippen LogP) is -0.531. The monoisotopic (exact) mass is 455 g/mol. The summed E-state index contributed by atoms with van der Waals surface area (Å²) in [4.78, 5) is 24.9. The number of hydrogen-bond acceptors (Lipinski definition) is 10. The van der Waals surface area contributed by atoms with Gasteiger partial charge in [-0.05, 0) is 12.1 Å². The number of rotatable bonds is 7. The summed E-state index contributed by atoms with van der Waals surface area (Å²) < 4.78 is 37.5. The summed E-state index contributed by atoms with van der Waals surface area (Å²) in [6.45, 7) is -0.544. The number of hydrogen-bond donors (Lipinski definition) is 5. The van der Waals surface area contributed by atoms with Crippen molar-refractivity contribution in [1.82, 2.24) is 29.6 Å². The standard InChI is InChI=1S/C16H19FN7O6P/c17-16-22-13(18)10-14(23-16)24(7-20-10)15-12(26)11(25)9(30-15)6-29-31(27,28)21-5-8-3-1-2-4-19-8/h1-4,7,9,11-12,15,25-26H,5-6H2,(H2,18,22,23)(H2,21,27,28)/t9-,11-,12+,15+/m0/s1. The van der Waals surface area contributed by atoms with Gasteiger partial charge in [0.2, 0.25) is 0 Å². The van der Waals surface area contributed by atoms with Crippen LogP contribution in [0.5, 0.6) is 0 Å². The van der Waals surface area contributed by atoms with Crippen molar-refractivity contribution in [2.24, 2.45) is 0 Å². The van der Waals surface area contributed by atoms with E-state index in [0.29, 0.717) is 5.69 Å². The van der Waals surface area contributed by atoms with Crippen molar-refractivity contribution in [3.63, 3.8) is 0 Å². The first-order valence-corrected chi connectivity index (χ1v) is 10.6. The number of fused-ring (bicyclic) bond motifs is 1. The quantitative estimate of drug-likeness (QED) is 0.226. The van der Waals surface area contributed by atoms with Crippen LogP contribution in [-0.4, -0.2) is 64.5 Å². The Morgan fingerprint density at radius 2 is 2.10 bits per heavy atom. The van der Waals surface area contributed by atoms with Crippen LogP contribution >= 0.6 is 7.75 Å². The predicted molar refractivity (Wildman–Crippen MR) is 102 cm³/mol. The Kier molecular flexibility index (Phi) is 5.94. The number of nitrogen functional groups attached to an aromatic ring is 1. The molecule has 31 heavy (non-hydrogen) atoms. The van der Waals surface area contributed by atoms with Gasteiger partial charge in [0, 0.05) is 12.7 Å². The third-order valence-corrected chi connectivity index (χ3v) is 5.69. The number of nitrogens with one attached hydrogen (secondary N) is 1. The molecule has 15 heteroatoms. The highest BCUT2D eigenvalue weighted by Crippen LogP contribution is 2.39. The molecule has 0 saturated carbocycles. The fourth-order valence-corrected chi connectivity index (χ4v) is 3.90. The Hall–Kier alpha value is -2.58. The first-order valence-electron chi connectivity index (χ1n) is 9.04. The number of aromatic nitrogens is 5. The molecule has 1 aliphatic heterocycles. The smallest absolute Gasteiger partial charge is 0.387 e. The molecular weight excluding hydrogens is 436 g/mol. The van der Waals surface area contributed by atoms with E-state index >= 15 is 0 Å². The normalized spacial score (nSPS) is 25.7. The highest BCUT2D eigenvalue weighted by Gasteiger charge is 2.45. The Morgan fingerprint density at radius 3 is 2.84 bits per heavy atom. The minimum Gasteiger partial charge on any atom is -0.387 e. The zero-order valence-corrected chi connectivity index (χ0v) is 16.7. The van der Waals surface area contributed by atoms with Crippen LogP contribution in [0.25, 0.3) is 11.2 Å². The molecule has 4 heterocycles. The number of pyridine rings is 1. The van der Waals surface area contributed by atoms with E-state index in [0.717, 1.165) is 0 Å². The van der Waals surface area contributed by atoms with Crippen molar-refractivity contribution >= 4 is 24.7 Å². The fraction of sp³-hybridized carbons (Fsp3) is 0.375. The summed E-state index contributed by atoms with van der Waals surface area (Å²) in [6, 6.07) is 5.09. The molecule has 1 saturated heterocycles. The average molecular weight is 455 g/mol. The van der Waals surface area contributed by atoms with E-state index in [2.05, 4.69) is 25.0 Å². The molecule has 0 aromatic carbocycles. The SMILES string of the molecule is Nc1nc(F)nc2c1ncn2[C@@H]1O[C@@H](COP(=O)(O)NCc2ccccn2)[C@H](O)[C@H]1O. The van der Waals surface area contributed by atoms with E-state index in [-0.39, 0.29) is 23.5 Å². The largest absolute Gasteiger partial charge is 0.403 e. The maximum absolute atomic E-state index is 13.6. The maximum Gasteiger partial charge on any atom is 0.403 e. The van der Waals surface area contributed by atoms with Crippen molar-refractivity contribution in [3.05, 3.63) is 42.5 Å². The van der Waals surface area contributed by atoms with Crippen LogP contribution in [0.2, 0.25) is 0 Å². The van der Waals surface area contributed by atoms with Crippen LogP contribution in [0, 0.1) is 6.08 Å². The number of anilines is 1. The Bertz CT molecular complexity index is 1120. The summed E-state index contributed by atoms with van der Waals surface area (Å²) in [7, 11) is -4.26. The number of aliphatic hydroxyl groups excluding tert-OH is 2. The van der Waals surface area contributed by atoms with Gasteiger partial charge >= 0.3 is 13.8 Å². The second-order valence-electron chi connectivity index (χ2n) is 6.72. The third kappa shape index (κ3) is 4.55. The molecule has 0 spiro atoms. The number of nitrogens with zero attached hydrogens (tertiary/aromatic N) is 5. The molecule has 1 fully saturated rings. The Morgan fingerprint density at radius 1 is 1.29 bits per heavy atom. The van der Waals surface area contributed by atoms with Crippen LogP contribution in [-0.2, 0) is 20.4 Å². The molecule has 5 atom stereocenters. The van der Waals surface area contributed by atoms with E-state index in [1.165, 1.54) is 17.1 Å². The van der Waals surface area contributed by atoms with Gasteiger partial charge < -0.3 is 25.6 Å². The van der Waals surface area contributed by atoms with Gasteiger partial charge in [0.05, 0.1) is 18.6 Å². The van der Waals surface area contributed by atoms with Gasteiger partial charge in [-0.3, -0.25) is 14.1 Å². The van der Waals surface area contributed by atoms with Crippen molar-refractivity contribution < 1.29 is 33.3 Å². The van der Waals surface area contributed by atoms with Crippen molar-refractivity contribution in [2.75, 3.05) is 12.3 Å². The minimum absolute atomic E-state index is 0.0261. The molecule has 0 aliphatic carbocycles. The summed E-state index contributed by atoms with van der Waals surface area (Å²) in [5.74, 6) is -0.200. The summed E-state index contributed by atoms with van der Waals surface area (Å²) in [6.07, 6.45) is -3.70. The van der Waals surface area contributed by atoms with Crippen LogP contribution in [0.3, 0.4) is 0 Å². The lowest BCUT2D eigenvalue weighted by Gasteiger charge is -2.18. The first kappa shape index (κ1) is 21.6. The molecule has 0 bridgehead atoms. The molecule has 1 aliphatic rings. The fourth-order valence-electron chi connectivity index (χ4n) is 3.10. The molecular formula is C16H19FN7O6P. The highest BCUT2D eigenvalue weighted by atomic mass is 31.2. The van der Waals surface area contributed by atoms with Gasteiger partial charge in [0.25, 0.3) is 0 Å². The van der Waals surface area contributed by atoms with Gasteiger partial charge in [-0.1, -0.05) is 6.07 Å². The van der Waals surface area contributed by atoms with Crippen molar-refractivity contribution in [2.45, 2.75) is 31.1 Å². The lowest BCUT2D eigenvalue weighted by Crippen LogP contribution is -2.34. The number of ether oxygens (including phenoxy) is 1. The molecule has 3 aromatic rings. The van der Waals surface area contributed by atoms with Gasteiger partial charge in [-0.15, -0.1) is 0 Å².